The lowest BCUT2D eigenvalue weighted by atomic mass is 10.1. The molecule has 0 unspecified atom stereocenters. The highest BCUT2D eigenvalue weighted by Gasteiger charge is 2.08. The van der Waals surface area contributed by atoms with Crippen LogP contribution in [0.2, 0.25) is 0 Å². The van der Waals surface area contributed by atoms with Gasteiger partial charge in [-0.05, 0) is 12.1 Å². The highest BCUT2D eigenvalue weighted by molar-refractivity contribution is 6.30. The van der Waals surface area contributed by atoms with Crippen LogP contribution in [0, 0.1) is 0 Å². The molecule has 0 fully saturated rings. The lowest BCUT2D eigenvalue weighted by molar-refractivity contribution is -0.0498. The highest BCUT2D eigenvalue weighted by Crippen LogP contribution is 2.16. The smallest absolute Gasteiger partial charge is 0.387 e. The summed E-state index contributed by atoms with van der Waals surface area (Å²) in [6.45, 7) is -2.89. The van der Waals surface area contributed by atoms with Crippen LogP contribution in [0.3, 0.4) is 0 Å². The van der Waals surface area contributed by atoms with Gasteiger partial charge in [-0.2, -0.15) is 8.78 Å². The van der Waals surface area contributed by atoms with Crippen molar-refractivity contribution in [2.75, 3.05) is 5.88 Å². The standard InChI is InChI=1S/C9H7ClF2O2/c10-5-8(13)6-2-1-3-7(4-6)14-9(11)12/h1-4,9H,5H2. The normalized spacial score (nSPS) is 10.3. The van der Waals surface area contributed by atoms with Crippen LogP contribution in [-0.2, 0) is 0 Å². The maximum atomic E-state index is 11.8. The molecule has 0 amide bonds. The summed E-state index contributed by atoms with van der Waals surface area (Å²) in [7, 11) is 0. The first-order valence-corrected chi connectivity index (χ1v) is 4.31. The Bertz CT molecular complexity index is 328. The number of halogens is 3. The van der Waals surface area contributed by atoms with Crippen molar-refractivity contribution in [1.82, 2.24) is 0 Å². The highest BCUT2D eigenvalue weighted by atomic mass is 35.5. The Kier molecular flexibility index (Phi) is 3.83. The van der Waals surface area contributed by atoms with Gasteiger partial charge in [-0.15, -0.1) is 11.6 Å². The van der Waals surface area contributed by atoms with Crippen LogP contribution in [0.25, 0.3) is 0 Å². The molecule has 5 heteroatoms. The number of ether oxygens (including phenoxy) is 1. The zero-order valence-corrected chi connectivity index (χ0v) is 7.80. The zero-order chi connectivity index (χ0) is 10.6. The molecule has 0 saturated carbocycles. The number of rotatable bonds is 4. The summed E-state index contributed by atoms with van der Waals surface area (Å²) in [4.78, 5) is 11.1. The quantitative estimate of drug-likeness (QED) is 0.576. The van der Waals surface area contributed by atoms with Crippen LogP contribution in [-0.4, -0.2) is 18.3 Å². The van der Waals surface area contributed by atoms with E-state index in [4.69, 9.17) is 11.6 Å². The van der Waals surface area contributed by atoms with Gasteiger partial charge in [0.1, 0.15) is 5.75 Å². The maximum absolute atomic E-state index is 11.8. The van der Waals surface area contributed by atoms with E-state index in [1.807, 2.05) is 0 Å². The summed E-state index contributed by atoms with van der Waals surface area (Å²) in [5.41, 5.74) is 0.262. The summed E-state index contributed by atoms with van der Waals surface area (Å²) in [5.74, 6) is -0.555. The van der Waals surface area contributed by atoms with Gasteiger partial charge in [0.05, 0.1) is 5.88 Å². The average Bonchev–Trinajstić information content (AvgIpc) is 2.16. The Morgan fingerprint density at radius 1 is 1.50 bits per heavy atom. The molecule has 0 aliphatic heterocycles. The lowest BCUT2D eigenvalue weighted by Crippen LogP contribution is -2.04. The zero-order valence-electron chi connectivity index (χ0n) is 7.04. The fourth-order valence-electron chi connectivity index (χ4n) is 0.923. The molecule has 0 aliphatic rings. The van der Waals surface area contributed by atoms with Gasteiger partial charge >= 0.3 is 6.61 Å². The van der Waals surface area contributed by atoms with Crippen molar-refractivity contribution in [3.63, 3.8) is 0 Å². The summed E-state index contributed by atoms with van der Waals surface area (Å²) >= 11 is 5.31. The predicted molar refractivity (Wildman–Crippen MR) is 48.1 cm³/mol. The summed E-state index contributed by atoms with van der Waals surface area (Å²) in [5, 5.41) is 0. The number of alkyl halides is 3. The van der Waals surface area contributed by atoms with Crippen molar-refractivity contribution in [1.29, 1.82) is 0 Å². The molecule has 0 atom stereocenters. The maximum Gasteiger partial charge on any atom is 0.387 e. The third kappa shape index (κ3) is 2.96. The average molecular weight is 221 g/mol. The van der Waals surface area contributed by atoms with Crippen molar-refractivity contribution in [2.24, 2.45) is 0 Å². The largest absolute Gasteiger partial charge is 0.435 e. The summed E-state index contributed by atoms with van der Waals surface area (Å²) in [6.07, 6.45) is 0. The van der Waals surface area contributed by atoms with Crippen molar-refractivity contribution in [3.8, 4) is 5.75 Å². The van der Waals surface area contributed by atoms with Crippen LogP contribution >= 0.6 is 11.6 Å². The first-order valence-electron chi connectivity index (χ1n) is 3.77. The van der Waals surface area contributed by atoms with E-state index in [0.717, 1.165) is 0 Å². The van der Waals surface area contributed by atoms with Crippen LogP contribution in [0.5, 0.6) is 5.75 Å². The second-order valence-electron chi connectivity index (χ2n) is 2.46. The van der Waals surface area contributed by atoms with Gasteiger partial charge in [-0.3, -0.25) is 4.79 Å². The first-order chi connectivity index (χ1) is 6.63. The number of carbonyl (C=O) groups excluding carboxylic acids is 1. The Hall–Kier alpha value is -1.16. The fourth-order valence-corrected chi connectivity index (χ4v) is 1.08. The van der Waals surface area contributed by atoms with Gasteiger partial charge in [0, 0.05) is 5.56 Å². The Labute approximate surface area is 84.4 Å². The lowest BCUT2D eigenvalue weighted by Gasteiger charge is -2.04. The van der Waals surface area contributed by atoms with Gasteiger partial charge in [0.2, 0.25) is 0 Å². The van der Waals surface area contributed by atoms with E-state index in [1.54, 1.807) is 0 Å². The van der Waals surface area contributed by atoms with E-state index < -0.39 is 6.61 Å². The third-order valence-corrected chi connectivity index (χ3v) is 1.75. The fraction of sp³-hybridized carbons (Fsp3) is 0.222. The molecule has 1 rings (SSSR count). The molecule has 0 heterocycles. The minimum atomic E-state index is -2.89. The van der Waals surface area contributed by atoms with Gasteiger partial charge in [-0.25, -0.2) is 0 Å². The molecule has 0 radical (unpaired) electrons. The van der Waals surface area contributed by atoms with Crippen LogP contribution in [0.4, 0.5) is 8.78 Å². The molecule has 1 aromatic carbocycles. The minimum absolute atomic E-state index is 0.0454. The molecule has 0 aliphatic carbocycles. The molecule has 0 aromatic heterocycles. The van der Waals surface area contributed by atoms with E-state index in [-0.39, 0.29) is 23.0 Å². The van der Waals surface area contributed by atoms with E-state index in [1.165, 1.54) is 24.3 Å². The molecule has 0 saturated heterocycles. The van der Waals surface area contributed by atoms with Crippen molar-refractivity contribution >= 4 is 17.4 Å². The van der Waals surface area contributed by atoms with Crippen LogP contribution < -0.4 is 4.74 Å². The molecular weight excluding hydrogens is 214 g/mol. The van der Waals surface area contributed by atoms with Crippen LogP contribution in [0.1, 0.15) is 10.4 Å². The predicted octanol–water partition coefficient (Wildman–Crippen LogP) is 2.71. The number of Topliss-reactive ketones (excluding diaryl/α,β-unsaturated/α-hetero) is 1. The number of ketones is 1. The monoisotopic (exact) mass is 220 g/mol. The molecular formula is C9H7ClF2O2. The topological polar surface area (TPSA) is 26.3 Å². The second-order valence-corrected chi connectivity index (χ2v) is 2.73. The Morgan fingerprint density at radius 2 is 2.21 bits per heavy atom. The minimum Gasteiger partial charge on any atom is -0.435 e. The van der Waals surface area contributed by atoms with Gasteiger partial charge < -0.3 is 4.74 Å². The van der Waals surface area contributed by atoms with Gasteiger partial charge in [-0.1, -0.05) is 12.1 Å². The molecule has 0 bridgehead atoms. The van der Waals surface area contributed by atoms with E-state index in [0.29, 0.717) is 0 Å². The molecule has 0 spiro atoms. The number of hydrogen-bond acceptors (Lipinski definition) is 2. The Morgan fingerprint density at radius 3 is 2.79 bits per heavy atom. The summed E-state index contributed by atoms with van der Waals surface area (Å²) in [6, 6.07) is 5.52. The second kappa shape index (κ2) is 4.91. The molecule has 2 nitrogen and oxygen atoms in total. The van der Waals surface area contributed by atoms with E-state index in [2.05, 4.69) is 4.74 Å². The van der Waals surface area contributed by atoms with Gasteiger partial charge in [0.15, 0.2) is 5.78 Å². The molecule has 1 aromatic rings. The number of benzene rings is 1. The van der Waals surface area contributed by atoms with Gasteiger partial charge in [0.25, 0.3) is 0 Å². The molecule has 14 heavy (non-hydrogen) atoms. The molecule has 0 N–H and O–H groups in total. The summed E-state index contributed by atoms with van der Waals surface area (Å²) < 4.78 is 27.7. The van der Waals surface area contributed by atoms with Crippen molar-refractivity contribution < 1.29 is 18.3 Å². The SMILES string of the molecule is O=C(CCl)c1cccc(OC(F)F)c1. The van der Waals surface area contributed by atoms with Crippen molar-refractivity contribution in [3.05, 3.63) is 29.8 Å². The Balaban J connectivity index is 2.84. The van der Waals surface area contributed by atoms with E-state index >= 15 is 0 Å². The molecule has 76 valence electrons. The number of carbonyl (C=O) groups is 1. The third-order valence-electron chi connectivity index (χ3n) is 1.50. The first kappa shape index (κ1) is 10.9. The van der Waals surface area contributed by atoms with Crippen molar-refractivity contribution in [2.45, 2.75) is 6.61 Å². The van der Waals surface area contributed by atoms with E-state index in [9.17, 15) is 13.6 Å². The number of hydrogen-bond donors (Lipinski definition) is 0. The van der Waals surface area contributed by atoms with Crippen LogP contribution in [0.15, 0.2) is 24.3 Å².